The average Bonchev–Trinajstić information content (AvgIpc) is 3.30. The summed E-state index contributed by atoms with van der Waals surface area (Å²) >= 11 is 0. The first kappa shape index (κ1) is 17.9. The number of para-hydroxylation sites is 1. The average molecular weight is 383 g/mol. The van der Waals surface area contributed by atoms with E-state index in [-0.39, 0.29) is 6.03 Å². The van der Waals surface area contributed by atoms with Crippen LogP contribution >= 0.6 is 0 Å². The number of amides is 2. The molecule has 1 saturated carbocycles. The zero-order valence-electron chi connectivity index (χ0n) is 16.5. The first-order valence-electron chi connectivity index (χ1n) is 10.9. The van der Waals surface area contributed by atoms with Gasteiger partial charge >= 0.3 is 6.03 Å². The molecule has 7 heteroatoms. The lowest BCUT2D eigenvalue weighted by atomic mass is 9.91. The predicted octanol–water partition coefficient (Wildman–Crippen LogP) is 2.79. The Bertz CT molecular complexity index is 827. The predicted molar refractivity (Wildman–Crippen MR) is 108 cm³/mol. The fraction of sp³-hybridized carbons (Fsp3) is 0.667. The summed E-state index contributed by atoms with van der Waals surface area (Å²) in [7, 11) is 0. The van der Waals surface area contributed by atoms with Gasteiger partial charge in [0.05, 0.1) is 23.6 Å². The SMILES string of the molecule is O=C1NC2CCCCC2N1CCCN1CCC(n2nnc3ccccc32)CC1. The van der Waals surface area contributed by atoms with Crippen molar-refractivity contribution in [3.8, 4) is 0 Å². The van der Waals surface area contributed by atoms with Crippen LogP contribution in [0.2, 0.25) is 0 Å². The zero-order chi connectivity index (χ0) is 18.9. The van der Waals surface area contributed by atoms with Gasteiger partial charge in [-0.3, -0.25) is 0 Å². The fourth-order valence-electron chi connectivity index (χ4n) is 5.32. The van der Waals surface area contributed by atoms with Crippen molar-refractivity contribution in [1.29, 1.82) is 0 Å². The third kappa shape index (κ3) is 3.36. The van der Waals surface area contributed by atoms with E-state index in [9.17, 15) is 4.79 Å². The number of nitrogens with one attached hydrogen (secondary N) is 1. The Labute approximate surface area is 166 Å². The van der Waals surface area contributed by atoms with Crippen LogP contribution in [0.15, 0.2) is 24.3 Å². The van der Waals surface area contributed by atoms with Crippen molar-refractivity contribution in [2.45, 2.75) is 63.1 Å². The third-order valence-electron chi connectivity index (χ3n) is 6.85. The molecule has 7 nitrogen and oxygen atoms in total. The summed E-state index contributed by atoms with van der Waals surface area (Å²) < 4.78 is 2.12. The highest BCUT2D eigenvalue weighted by atomic mass is 16.2. The molecule has 3 fully saturated rings. The molecule has 3 aliphatic rings. The standard InChI is InChI=1S/C21H30N6O/c28-21-22-17-6-1-3-8-19(17)26(21)13-5-12-25-14-10-16(11-15-25)27-20-9-4-2-7-18(20)23-24-27/h2,4,7,9,16-17,19H,1,3,5-6,8,10-15H2,(H,22,28). The van der Waals surface area contributed by atoms with Gasteiger partial charge in [-0.15, -0.1) is 5.10 Å². The van der Waals surface area contributed by atoms with Gasteiger partial charge in [0, 0.05) is 19.6 Å². The van der Waals surface area contributed by atoms with Crippen molar-refractivity contribution in [2.75, 3.05) is 26.2 Å². The summed E-state index contributed by atoms with van der Waals surface area (Å²) in [6.07, 6.45) is 8.12. The summed E-state index contributed by atoms with van der Waals surface area (Å²) in [5.41, 5.74) is 2.12. The fourth-order valence-corrected chi connectivity index (χ4v) is 5.32. The minimum Gasteiger partial charge on any atom is -0.333 e. The molecule has 2 amide bonds. The number of piperidine rings is 1. The Balaban J connectivity index is 1.11. The van der Waals surface area contributed by atoms with E-state index in [4.69, 9.17) is 0 Å². The Morgan fingerprint density at radius 3 is 2.75 bits per heavy atom. The normalized spacial score (nSPS) is 26.6. The minimum atomic E-state index is 0.161. The van der Waals surface area contributed by atoms with E-state index in [1.165, 1.54) is 19.3 Å². The highest BCUT2D eigenvalue weighted by Crippen LogP contribution is 2.28. The molecule has 0 radical (unpaired) electrons. The molecule has 5 rings (SSSR count). The number of urea groups is 1. The molecule has 0 bridgehead atoms. The van der Waals surface area contributed by atoms with Crippen LogP contribution in [0.1, 0.15) is 51.0 Å². The van der Waals surface area contributed by atoms with Crippen LogP contribution in [-0.2, 0) is 0 Å². The molecule has 2 saturated heterocycles. The number of carbonyl (C=O) groups is 1. The second-order valence-electron chi connectivity index (χ2n) is 8.55. The summed E-state index contributed by atoms with van der Waals surface area (Å²) in [6.45, 7) is 4.15. The number of carbonyl (C=O) groups excluding carboxylic acids is 1. The number of aromatic nitrogens is 3. The molecule has 2 aromatic rings. The first-order valence-corrected chi connectivity index (χ1v) is 10.9. The molecule has 0 spiro atoms. The maximum absolute atomic E-state index is 12.3. The Morgan fingerprint density at radius 1 is 1.04 bits per heavy atom. The zero-order valence-corrected chi connectivity index (χ0v) is 16.5. The van der Waals surface area contributed by atoms with Crippen LogP contribution in [0.25, 0.3) is 11.0 Å². The number of hydrogen-bond donors (Lipinski definition) is 1. The van der Waals surface area contributed by atoms with Crippen molar-refractivity contribution in [2.24, 2.45) is 0 Å². The van der Waals surface area contributed by atoms with Gasteiger partial charge in [0.25, 0.3) is 0 Å². The summed E-state index contributed by atoms with van der Waals surface area (Å²) in [6, 6.07) is 9.65. The highest BCUT2D eigenvalue weighted by Gasteiger charge is 2.39. The van der Waals surface area contributed by atoms with Gasteiger partial charge in [0.1, 0.15) is 5.52 Å². The van der Waals surface area contributed by atoms with E-state index < -0.39 is 0 Å². The molecule has 28 heavy (non-hydrogen) atoms. The van der Waals surface area contributed by atoms with Crippen LogP contribution in [0.3, 0.4) is 0 Å². The van der Waals surface area contributed by atoms with Gasteiger partial charge in [-0.1, -0.05) is 30.2 Å². The van der Waals surface area contributed by atoms with E-state index in [1.54, 1.807) is 0 Å². The van der Waals surface area contributed by atoms with Gasteiger partial charge in [-0.25, -0.2) is 9.48 Å². The summed E-state index contributed by atoms with van der Waals surface area (Å²) in [4.78, 5) is 16.9. The molecular formula is C21H30N6O. The van der Waals surface area contributed by atoms with E-state index in [1.807, 2.05) is 12.1 Å². The smallest absolute Gasteiger partial charge is 0.318 e. The topological polar surface area (TPSA) is 66.3 Å². The number of hydrogen-bond acceptors (Lipinski definition) is 4. The second-order valence-corrected chi connectivity index (χ2v) is 8.55. The van der Waals surface area contributed by atoms with E-state index in [0.29, 0.717) is 18.1 Å². The Kier molecular flexibility index (Phi) is 4.93. The van der Waals surface area contributed by atoms with Crippen LogP contribution in [0, 0.1) is 0 Å². The lowest BCUT2D eigenvalue weighted by Gasteiger charge is -2.33. The maximum Gasteiger partial charge on any atom is 0.318 e. The molecule has 150 valence electrons. The third-order valence-corrected chi connectivity index (χ3v) is 6.85. The second kappa shape index (κ2) is 7.70. The van der Waals surface area contributed by atoms with Gasteiger partial charge in [-0.05, 0) is 50.8 Å². The van der Waals surface area contributed by atoms with Crippen molar-refractivity contribution in [3.63, 3.8) is 0 Å². The van der Waals surface area contributed by atoms with Gasteiger partial charge in [-0.2, -0.15) is 0 Å². The molecule has 2 aliphatic heterocycles. The summed E-state index contributed by atoms with van der Waals surface area (Å²) in [5, 5.41) is 11.9. The lowest BCUT2D eigenvalue weighted by Crippen LogP contribution is -2.41. The number of likely N-dealkylation sites (tertiary alicyclic amines) is 1. The molecule has 1 aliphatic carbocycles. The van der Waals surface area contributed by atoms with Gasteiger partial charge in [0.2, 0.25) is 0 Å². The van der Waals surface area contributed by atoms with Crippen molar-refractivity contribution in [1.82, 2.24) is 30.1 Å². The van der Waals surface area contributed by atoms with Crippen molar-refractivity contribution < 1.29 is 4.79 Å². The quantitative estimate of drug-likeness (QED) is 0.864. The molecular weight excluding hydrogens is 352 g/mol. The molecule has 2 unspecified atom stereocenters. The lowest BCUT2D eigenvalue weighted by molar-refractivity contribution is 0.160. The Morgan fingerprint density at radius 2 is 1.86 bits per heavy atom. The van der Waals surface area contributed by atoms with Crippen LogP contribution in [-0.4, -0.2) is 69.1 Å². The van der Waals surface area contributed by atoms with Gasteiger partial charge in [0.15, 0.2) is 0 Å². The molecule has 2 atom stereocenters. The van der Waals surface area contributed by atoms with Gasteiger partial charge < -0.3 is 15.1 Å². The van der Waals surface area contributed by atoms with Crippen molar-refractivity contribution >= 4 is 17.1 Å². The Hall–Kier alpha value is -2.15. The van der Waals surface area contributed by atoms with Crippen LogP contribution in [0.5, 0.6) is 0 Å². The molecule has 1 N–H and O–H groups in total. The largest absolute Gasteiger partial charge is 0.333 e. The molecule has 1 aromatic heterocycles. The number of rotatable bonds is 5. The van der Waals surface area contributed by atoms with E-state index >= 15 is 0 Å². The van der Waals surface area contributed by atoms with E-state index in [2.05, 4.69) is 42.2 Å². The number of nitrogens with zero attached hydrogens (tertiary/aromatic N) is 5. The van der Waals surface area contributed by atoms with Crippen LogP contribution < -0.4 is 5.32 Å². The van der Waals surface area contributed by atoms with Crippen molar-refractivity contribution in [3.05, 3.63) is 24.3 Å². The highest BCUT2D eigenvalue weighted by molar-refractivity contribution is 5.77. The minimum absolute atomic E-state index is 0.161. The van der Waals surface area contributed by atoms with E-state index in [0.717, 1.165) is 62.9 Å². The summed E-state index contributed by atoms with van der Waals surface area (Å²) in [5.74, 6) is 0. The molecule has 1 aromatic carbocycles. The number of fused-ring (bicyclic) bond motifs is 2. The maximum atomic E-state index is 12.3. The monoisotopic (exact) mass is 382 g/mol. The number of benzene rings is 1. The molecule has 3 heterocycles. The first-order chi connectivity index (χ1) is 13.8. The van der Waals surface area contributed by atoms with Crippen LogP contribution in [0.4, 0.5) is 4.79 Å².